The summed E-state index contributed by atoms with van der Waals surface area (Å²) in [6, 6.07) is 2.10. The number of piperidine rings is 1. The van der Waals surface area contributed by atoms with Gasteiger partial charge >= 0.3 is 0 Å². The van der Waals surface area contributed by atoms with E-state index in [4.69, 9.17) is 0 Å². The molecule has 3 heterocycles. The van der Waals surface area contributed by atoms with Gasteiger partial charge in [0.15, 0.2) is 5.65 Å². The van der Waals surface area contributed by atoms with Crippen LogP contribution in [-0.4, -0.2) is 40.2 Å². The lowest BCUT2D eigenvalue weighted by molar-refractivity contribution is 0.0929. The summed E-state index contributed by atoms with van der Waals surface area (Å²) in [6.07, 6.45) is 3.54. The molecular formula is C13H19Cl2N5O. The summed E-state index contributed by atoms with van der Waals surface area (Å²) >= 11 is 0. The number of carbonyl (C=O) groups is 1. The summed E-state index contributed by atoms with van der Waals surface area (Å²) in [5, 5.41) is 14.2. The van der Waals surface area contributed by atoms with Gasteiger partial charge in [0, 0.05) is 23.3 Å². The summed E-state index contributed by atoms with van der Waals surface area (Å²) < 4.78 is 0. The summed E-state index contributed by atoms with van der Waals surface area (Å²) in [6.45, 7) is 3.84. The molecule has 1 saturated heterocycles. The van der Waals surface area contributed by atoms with Crippen LogP contribution in [0, 0.1) is 6.92 Å². The van der Waals surface area contributed by atoms with Crippen LogP contribution in [0.5, 0.6) is 0 Å². The molecule has 0 atom stereocenters. The zero-order valence-corrected chi connectivity index (χ0v) is 13.3. The fraction of sp³-hybridized carbons (Fsp3) is 0.462. The number of nitrogens with zero attached hydrogens (tertiary/aromatic N) is 2. The minimum atomic E-state index is -0.0538. The van der Waals surface area contributed by atoms with Crippen LogP contribution < -0.4 is 10.6 Å². The first-order valence-corrected chi connectivity index (χ1v) is 6.56. The molecule has 2 aromatic rings. The highest BCUT2D eigenvalue weighted by atomic mass is 35.5. The average molecular weight is 332 g/mol. The predicted octanol–water partition coefficient (Wildman–Crippen LogP) is 1.59. The van der Waals surface area contributed by atoms with E-state index in [1.165, 1.54) is 0 Å². The van der Waals surface area contributed by atoms with Crippen LogP contribution in [0.25, 0.3) is 11.0 Å². The van der Waals surface area contributed by atoms with Crippen LogP contribution in [-0.2, 0) is 0 Å². The number of pyridine rings is 1. The van der Waals surface area contributed by atoms with Gasteiger partial charge in [0.25, 0.3) is 5.91 Å². The molecule has 8 heteroatoms. The summed E-state index contributed by atoms with van der Waals surface area (Å²) in [4.78, 5) is 16.4. The fourth-order valence-electron chi connectivity index (χ4n) is 2.38. The Morgan fingerprint density at radius 2 is 2.05 bits per heavy atom. The average Bonchev–Trinajstić information content (AvgIpc) is 2.81. The van der Waals surface area contributed by atoms with Crippen molar-refractivity contribution in [3.63, 3.8) is 0 Å². The second-order valence-corrected chi connectivity index (χ2v) is 4.94. The molecule has 0 radical (unpaired) electrons. The van der Waals surface area contributed by atoms with Gasteiger partial charge in [-0.15, -0.1) is 24.8 Å². The minimum absolute atomic E-state index is 0. The van der Waals surface area contributed by atoms with E-state index in [0.29, 0.717) is 11.2 Å². The number of amides is 1. The Morgan fingerprint density at radius 1 is 1.33 bits per heavy atom. The van der Waals surface area contributed by atoms with E-state index >= 15 is 0 Å². The van der Waals surface area contributed by atoms with Crippen molar-refractivity contribution < 1.29 is 4.79 Å². The maximum atomic E-state index is 12.2. The SMILES string of the molecule is Cc1[nH]nc2ncc(C(=O)NC3CCNCC3)cc12.Cl.Cl. The first kappa shape index (κ1) is 17.7. The predicted molar refractivity (Wildman–Crippen MR) is 86.5 cm³/mol. The molecule has 0 saturated carbocycles. The number of nitrogens with one attached hydrogen (secondary N) is 3. The first-order chi connectivity index (χ1) is 9.24. The van der Waals surface area contributed by atoms with Crippen molar-refractivity contribution in [3.8, 4) is 0 Å². The maximum absolute atomic E-state index is 12.2. The minimum Gasteiger partial charge on any atom is -0.349 e. The molecule has 3 rings (SSSR count). The molecule has 0 bridgehead atoms. The van der Waals surface area contributed by atoms with Gasteiger partial charge in [-0.3, -0.25) is 9.89 Å². The topological polar surface area (TPSA) is 82.7 Å². The van der Waals surface area contributed by atoms with Gasteiger partial charge in [-0.25, -0.2) is 4.98 Å². The van der Waals surface area contributed by atoms with E-state index in [1.807, 2.05) is 13.0 Å². The van der Waals surface area contributed by atoms with Crippen molar-refractivity contribution in [3.05, 3.63) is 23.5 Å². The van der Waals surface area contributed by atoms with Gasteiger partial charge < -0.3 is 10.6 Å². The van der Waals surface area contributed by atoms with E-state index in [9.17, 15) is 4.79 Å². The highest BCUT2D eigenvalue weighted by molar-refractivity contribution is 5.97. The normalized spacial score (nSPS) is 15.1. The number of halogens is 2. The lowest BCUT2D eigenvalue weighted by atomic mass is 10.1. The molecule has 1 aliphatic rings. The standard InChI is InChI=1S/C13H17N5O.2ClH/c1-8-11-6-9(7-15-12(11)18-17-8)13(19)16-10-2-4-14-5-3-10;;/h6-7,10,14H,2-5H2,1H3,(H,16,19)(H,15,17,18);2*1H. The Bertz CT molecular complexity index is 610. The van der Waals surface area contributed by atoms with E-state index in [2.05, 4.69) is 25.8 Å². The Labute approximate surface area is 135 Å². The number of aryl methyl sites for hydroxylation is 1. The van der Waals surface area contributed by atoms with Crippen molar-refractivity contribution in [2.24, 2.45) is 0 Å². The zero-order valence-electron chi connectivity index (χ0n) is 11.7. The van der Waals surface area contributed by atoms with E-state index in [1.54, 1.807) is 6.20 Å². The van der Waals surface area contributed by atoms with E-state index < -0.39 is 0 Å². The van der Waals surface area contributed by atoms with Crippen molar-refractivity contribution in [1.82, 2.24) is 25.8 Å². The van der Waals surface area contributed by atoms with Gasteiger partial charge in [-0.1, -0.05) is 0 Å². The highest BCUT2D eigenvalue weighted by Gasteiger charge is 2.17. The number of fused-ring (bicyclic) bond motifs is 1. The van der Waals surface area contributed by atoms with Crippen molar-refractivity contribution >= 4 is 41.8 Å². The molecule has 0 aliphatic carbocycles. The first-order valence-electron chi connectivity index (χ1n) is 6.56. The number of carbonyl (C=O) groups excluding carboxylic acids is 1. The number of rotatable bonds is 2. The summed E-state index contributed by atoms with van der Waals surface area (Å²) in [5.74, 6) is -0.0538. The summed E-state index contributed by atoms with van der Waals surface area (Å²) in [5.41, 5.74) is 2.17. The molecule has 3 N–H and O–H groups in total. The number of aromatic nitrogens is 3. The van der Waals surface area contributed by atoms with Crippen molar-refractivity contribution in [1.29, 1.82) is 0 Å². The second kappa shape index (κ2) is 7.59. The molecule has 2 aromatic heterocycles. The van der Waals surface area contributed by atoms with Crippen LogP contribution in [0.15, 0.2) is 12.3 Å². The lowest BCUT2D eigenvalue weighted by Crippen LogP contribution is -2.42. The second-order valence-electron chi connectivity index (χ2n) is 4.94. The molecule has 0 aromatic carbocycles. The van der Waals surface area contributed by atoms with Gasteiger partial charge in [0.1, 0.15) is 0 Å². The fourth-order valence-corrected chi connectivity index (χ4v) is 2.38. The molecule has 0 unspecified atom stereocenters. The smallest absolute Gasteiger partial charge is 0.253 e. The summed E-state index contributed by atoms with van der Waals surface area (Å²) in [7, 11) is 0. The van der Waals surface area contributed by atoms with Gasteiger partial charge in [0.05, 0.1) is 5.56 Å². The third kappa shape index (κ3) is 3.84. The molecule has 6 nitrogen and oxygen atoms in total. The Kier molecular flexibility index (Phi) is 6.39. The van der Waals surface area contributed by atoms with Gasteiger partial charge in [-0.2, -0.15) is 5.10 Å². The van der Waals surface area contributed by atoms with Crippen LogP contribution in [0.3, 0.4) is 0 Å². The quantitative estimate of drug-likeness (QED) is 0.780. The lowest BCUT2D eigenvalue weighted by Gasteiger charge is -2.23. The van der Waals surface area contributed by atoms with E-state index in [0.717, 1.165) is 37.0 Å². The Hall–Kier alpha value is -1.37. The van der Waals surface area contributed by atoms with Gasteiger partial charge in [0.2, 0.25) is 0 Å². The van der Waals surface area contributed by atoms with Crippen LogP contribution >= 0.6 is 24.8 Å². The third-order valence-electron chi connectivity index (χ3n) is 3.54. The number of H-pyrrole nitrogens is 1. The molecule has 21 heavy (non-hydrogen) atoms. The van der Waals surface area contributed by atoms with Crippen LogP contribution in [0.2, 0.25) is 0 Å². The Morgan fingerprint density at radius 3 is 2.76 bits per heavy atom. The van der Waals surface area contributed by atoms with Crippen LogP contribution in [0.4, 0.5) is 0 Å². The molecule has 0 spiro atoms. The monoisotopic (exact) mass is 331 g/mol. The molecule has 1 amide bonds. The number of aromatic amines is 1. The van der Waals surface area contributed by atoms with E-state index in [-0.39, 0.29) is 36.8 Å². The van der Waals surface area contributed by atoms with Crippen molar-refractivity contribution in [2.75, 3.05) is 13.1 Å². The largest absolute Gasteiger partial charge is 0.349 e. The molecule has 1 fully saturated rings. The van der Waals surface area contributed by atoms with Crippen LogP contribution in [0.1, 0.15) is 28.9 Å². The number of hydrogen-bond acceptors (Lipinski definition) is 4. The van der Waals surface area contributed by atoms with Gasteiger partial charge in [-0.05, 0) is 38.9 Å². The number of hydrogen-bond donors (Lipinski definition) is 3. The zero-order chi connectivity index (χ0) is 13.2. The molecule has 1 aliphatic heterocycles. The maximum Gasteiger partial charge on any atom is 0.253 e. The third-order valence-corrected chi connectivity index (χ3v) is 3.54. The molecule has 116 valence electrons. The van der Waals surface area contributed by atoms with Crippen molar-refractivity contribution in [2.45, 2.75) is 25.8 Å². The molecular weight excluding hydrogens is 313 g/mol. The highest BCUT2D eigenvalue weighted by Crippen LogP contribution is 2.14. The Balaban J connectivity index is 0.00000110.